The van der Waals surface area contributed by atoms with Crippen molar-refractivity contribution in [1.29, 1.82) is 0 Å². The standard InChI is InChI=1S/C10H5NO/c1-2-3-4-5-6-7-8-9-10(11)12/h1H3,(H2,11,12). The van der Waals surface area contributed by atoms with Gasteiger partial charge in [0, 0.05) is 5.92 Å². The molecule has 56 valence electrons. The predicted octanol–water partition coefficient (Wildman–Crippen LogP) is -0.495. The lowest BCUT2D eigenvalue weighted by Crippen LogP contribution is -2.05. The normalized spacial score (nSPS) is 4.75. The lowest BCUT2D eigenvalue weighted by molar-refractivity contribution is -0.112. The molecule has 0 aromatic heterocycles. The van der Waals surface area contributed by atoms with Gasteiger partial charge in [0.05, 0.1) is 0 Å². The number of primary amides is 1. The fourth-order valence-corrected chi connectivity index (χ4v) is 0.280. The highest BCUT2D eigenvalue weighted by molar-refractivity contribution is 5.92. The highest BCUT2D eigenvalue weighted by atomic mass is 16.1. The van der Waals surface area contributed by atoms with Crippen LogP contribution in [0.25, 0.3) is 0 Å². The molecule has 0 radical (unpaired) electrons. The van der Waals surface area contributed by atoms with E-state index in [1.54, 1.807) is 6.92 Å². The van der Waals surface area contributed by atoms with Gasteiger partial charge in [-0.2, -0.15) is 0 Å². The Morgan fingerprint density at radius 2 is 1.50 bits per heavy atom. The molecule has 0 unspecified atom stereocenters. The summed E-state index contributed by atoms with van der Waals surface area (Å²) in [5.74, 6) is 18.2. The van der Waals surface area contributed by atoms with Gasteiger partial charge >= 0.3 is 0 Å². The zero-order chi connectivity index (χ0) is 9.23. The number of nitrogens with two attached hydrogens (primary N) is 1. The van der Waals surface area contributed by atoms with Crippen LogP contribution < -0.4 is 5.73 Å². The minimum Gasteiger partial charge on any atom is -0.359 e. The van der Waals surface area contributed by atoms with Crippen molar-refractivity contribution in [2.45, 2.75) is 6.92 Å². The molecule has 0 heterocycles. The second-order valence-corrected chi connectivity index (χ2v) is 1.49. The summed E-state index contributed by atoms with van der Waals surface area (Å²) in [6, 6.07) is 0. The molecule has 0 bridgehead atoms. The van der Waals surface area contributed by atoms with E-state index in [4.69, 9.17) is 5.73 Å². The van der Waals surface area contributed by atoms with E-state index in [1.165, 1.54) is 0 Å². The Kier molecular flexibility index (Phi) is 5.52. The van der Waals surface area contributed by atoms with Crippen LogP contribution in [-0.2, 0) is 4.79 Å². The Balaban J connectivity index is 4.10. The summed E-state index contributed by atoms with van der Waals surface area (Å²) in [6.07, 6.45) is 0. The Hall–Kier alpha value is -2.29. The number of amides is 1. The Morgan fingerprint density at radius 3 is 2.00 bits per heavy atom. The van der Waals surface area contributed by atoms with Crippen LogP contribution in [-0.4, -0.2) is 5.91 Å². The largest absolute Gasteiger partial charge is 0.359 e. The maximum absolute atomic E-state index is 10.1. The van der Waals surface area contributed by atoms with Crippen LogP contribution in [0.3, 0.4) is 0 Å². The number of rotatable bonds is 0. The quantitative estimate of drug-likeness (QED) is 0.471. The van der Waals surface area contributed by atoms with E-state index in [9.17, 15) is 4.79 Å². The summed E-state index contributed by atoms with van der Waals surface area (Å²) in [5.41, 5.74) is 4.72. The van der Waals surface area contributed by atoms with Gasteiger partial charge in [-0.15, -0.1) is 0 Å². The van der Waals surface area contributed by atoms with E-state index in [2.05, 4.69) is 41.4 Å². The van der Waals surface area contributed by atoms with Gasteiger partial charge < -0.3 is 5.73 Å². The summed E-state index contributed by atoms with van der Waals surface area (Å²) in [4.78, 5) is 10.1. The lowest BCUT2D eigenvalue weighted by atomic mass is 10.5. The van der Waals surface area contributed by atoms with Gasteiger partial charge in [0.1, 0.15) is 0 Å². The van der Waals surface area contributed by atoms with Gasteiger partial charge in [-0.3, -0.25) is 4.79 Å². The highest BCUT2D eigenvalue weighted by Gasteiger charge is 1.74. The molecule has 12 heavy (non-hydrogen) atoms. The third kappa shape index (κ3) is 7.71. The van der Waals surface area contributed by atoms with Crippen molar-refractivity contribution in [2.75, 3.05) is 0 Å². The molecule has 0 aliphatic carbocycles. The van der Waals surface area contributed by atoms with E-state index < -0.39 is 5.91 Å². The average molecular weight is 155 g/mol. The molecule has 0 aromatic carbocycles. The fraction of sp³-hybridized carbons (Fsp3) is 0.100. The monoisotopic (exact) mass is 155 g/mol. The average Bonchev–Trinajstić information content (AvgIpc) is 2.02. The van der Waals surface area contributed by atoms with E-state index >= 15 is 0 Å². The van der Waals surface area contributed by atoms with Crippen LogP contribution >= 0.6 is 0 Å². The summed E-state index contributed by atoms with van der Waals surface area (Å²) in [7, 11) is 0. The molecule has 0 spiro atoms. The summed E-state index contributed by atoms with van der Waals surface area (Å²) >= 11 is 0. The van der Waals surface area contributed by atoms with Crippen LogP contribution in [0.4, 0.5) is 0 Å². The molecule has 2 heteroatoms. The van der Waals surface area contributed by atoms with Gasteiger partial charge in [-0.25, -0.2) is 0 Å². The summed E-state index contributed by atoms with van der Waals surface area (Å²) in [5, 5.41) is 0. The Bertz CT molecular complexity index is 402. The molecule has 0 saturated carbocycles. The Morgan fingerprint density at radius 1 is 1.00 bits per heavy atom. The van der Waals surface area contributed by atoms with Crippen molar-refractivity contribution in [1.82, 2.24) is 0 Å². The molecule has 0 aromatic rings. The van der Waals surface area contributed by atoms with Gasteiger partial charge in [0.25, 0.3) is 5.91 Å². The highest BCUT2D eigenvalue weighted by Crippen LogP contribution is 1.55. The third-order valence-electron chi connectivity index (χ3n) is 0.623. The molecule has 0 aliphatic rings. The molecular weight excluding hydrogens is 150 g/mol. The topological polar surface area (TPSA) is 43.1 Å². The molecular formula is C10H5NO. The summed E-state index contributed by atoms with van der Waals surface area (Å²) < 4.78 is 0. The first kappa shape index (κ1) is 9.71. The van der Waals surface area contributed by atoms with E-state index in [1.807, 2.05) is 5.92 Å². The lowest BCUT2D eigenvalue weighted by Gasteiger charge is -1.64. The van der Waals surface area contributed by atoms with Crippen LogP contribution in [0.2, 0.25) is 0 Å². The van der Waals surface area contributed by atoms with Gasteiger partial charge in [-0.1, -0.05) is 5.92 Å². The first-order valence-electron chi connectivity index (χ1n) is 2.99. The predicted molar refractivity (Wildman–Crippen MR) is 46.0 cm³/mol. The molecule has 0 rings (SSSR count). The zero-order valence-electron chi connectivity index (χ0n) is 6.49. The van der Waals surface area contributed by atoms with Crippen LogP contribution in [0.15, 0.2) is 0 Å². The molecule has 0 fully saturated rings. The van der Waals surface area contributed by atoms with E-state index in [0.717, 1.165) is 0 Å². The van der Waals surface area contributed by atoms with Crippen molar-refractivity contribution in [3.8, 4) is 47.4 Å². The zero-order valence-corrected chi connectivity index (χ0v) is 6.49. The third-order valence-corrected chi connectivity index (χ3v) is 0.623. The van der Waals surface area contributed by atoms with E-state index in [-0.39, 0.29) is 0 Å². The smallest absolute Gasteiger partial charge is 0.294 e. The van der Waals surface area contributed by atoms with Crippen molar-refractivity contribution < 1.29 is 4.79 Å². The van der Waals surface area contributed by atoms with Crippen molar-refractivity contribution >= 4 is 5.91 Å². The molecule has 1 amide bonds. The minimum absolute atomic E-state index is 0.703. The van der Waals surface area contributed by atoms with Gasteiger partial charge in [0.2, 0.25) is 0 Å². The Labute approximate surface area is 71.5 Å². The first-order chi connectivity index (χ1) is 5.77. The van der Waals surface area contributed by atoms with Gasteiger partial charge in [-0.05, 0) is 42.4 Å². The SMILES string of the molecule is CC#CC#CC#CC#CC(N)=O. The molecule has 2 nitrogen and oxygen atoms in total. The maximum atomic E-state index is 10.1. The van der Waals surface area contributed by atoms with E-state index in [0.29, 0.717) is 0 Å². The van der Waals surface area contributed by atoms with Crippen molar-refractivity contribution in [2.24, 2.45) is 5.73 Å². The van der Waals surface area contributed by atoms with Crippen LogP contribution in [0, 0.1) is 47.4 Å². The van der Waals surface area contributed by atoms with Crippen LogP contribution in [0.5, 0.6) is 0 Å². The van der Waals surface area contributed by atoms with Crippen molar-refractivity contribution in [3.63, 3.8) is 0 Å². The molecule has 2 N–H and O–H groups in total. The van der Waals surface area contributed by atoms with Crippen LogP contribution in [0.1, 0.15) is 6.92 Å². The molecule has 0 aliphatic heterocycles. The summed E-state index contributed by atoms with van der Waals surface area (Å²) in [6.45, 7) is 1.68. The molecule has 0 saturated heterocycles. The second kappa shape index (κ2) is 6.82. The molecule has 0 atom stereocenters. The minimum atomic E-state index is -0.703. The fourth-order valence-electron chi connectivity index (χ4n) is 0.280. The first-order valence-corrected chi connectivity index (χ1v) is 2.99. The van der Waals surface area contributed by atoms with Gasteiger partial charge in [0.15, 0.2) is 0 Å². The second-order valence-electron chi connectivity index (χ2n) is 1.49. The number of hydrogen-bond donors (Lipinski definition) is 1. The number of hydrogen-bond acceptors (Lipinski definition) is 1. The number of carbonyl (C=O) groups excluding carboxylic acids is 1. The maximum Gasteiger partial charge on any atom is 0.294 e. The number of carbonyl (C=O) groups is 1. The van der Waals surface area contributed by atoms with Crippen molar-refractivity contribution in [3.05, 3.63) is 0 Å².